The summed E-state index contributed by atoms with van der Waals surface area (Å²) >= 11 is 3.53. The number of hydrogen-bond acceptors (Lipinski definition) is 3. The number of ether oxygens (including phenoxy) is 1. The number of benzene rings is 1. The zero-order valence-corrected chi connectivity index (χ0v) is 14.1. The average Bonchev–Trinajstić information content (AvgIpc) is 2.25. The predicted octanol–water partition coefficient (Wildman–Crippen LogP) is 3.36. The molecule has 5 heteroatoms. The highest BCUT2D eigenvalue weighted by Gasteiger charge is 2.27. The number of nitrogens with zero attached hydrogens (tertiary/aromatic N) is 1. The topological polar surface area (TPSA) is 38.5 Å². The molecular formula is C14H22BrClN2O. The minimum absolute atomic E-state index is 0. The Bertz CT molecular complexity index is 434. The molecule has 0 aromatic heterocycles. The number of likely N-dealkylation sites (N-methyl/N-ethyl adjacent to an activating group) is 1. The molecule has 0 spiro atoms. The molecule has 0 aliphatic carbocycles. The molecular weight excluding hydrogens is 328 g/mol. The van der Waals surface area contributed by atoms with Gasteiger partial charge in [-0.05, 0) is 39.1 Å². The number of rotatable bonds is 3. The lowest BCUT2D eigenvalue weighted by Crippen LogP contribution is -2.45. The van der Waals surface area contributed by atoms with E-state index in [2.05, 4.69) is 47.8 Å². The summed E-state index contributed by atoms with van der Waals surface area (Å²) < 4.78 is 6.80. The quantitative estimate of drug-likeness (QED) is 0.909. The Balaban J connectivity index is 0.00000180. The summed E-state index contributed by atoms with van der Waals surface area (Å²) in [5.74, 6) is 0.996. The number of halogens is 2. The molecule has 1 heterocycles. The van der Waals surface area contributed by atoms with Crippen LogP contribution < -0.4 is 10.5 Å². The van der Waals surface area contributed by atoms with Gasteiger partial charge < -0.3 is 10.5 Å². The van der Waals surface area contributed by atoms with Crippen LogP contribution in [0.25, 0.3) is 0 Å². The molecule has 0 saturated carbocycles. The molecule has 1 unspecified atom stereocenters. The molecule has 0 saturated heterocycles. The van der Waals surface area contributed by atoms with Gasteiger partial charge >= 0.3 is 0 Å². The summed E-state index contributed by atoms with van der Waals surface area (Å²) in [5.41, 5.74) is 7.18. The van der Waals surface area contributed by atoms with Crippen LogP contribution in [0.2, 0.25) is 0 Å². The maximum atomic E-state index is 6.11. The van der Waals surface area contributed by atoms with Crippen molar-refractivity contribution < 1.29 is 4.74 Å². The fraction of sp³-hybridized carbons (Fsp3) is 0.571. The molecule has 0 fully saturated rings. The Morgan fingerprint density at radius 2 is 2.16 bits per heavy atom. The zero-order chi connectivity index (χ0) is 13.3. The lowest BCUT2D eigenvalue weighted by atomic mass is 9.97. The van der Waals surface area contributed by atoms with E-state index in [4.69, 9.17) is 10.5 Å². The first-order chi connectivity index (χ1) is 8.37. The molecule has 0 radical (unpaired) electrons. The Labute approximate surface area is 130 Å². The smallest absolute Gasteiger partial charge is 0.124 e. The van der Waals surface area contributed by atoms with Gasteiger partial charge in [-0.25, -0.2) is 0 Å². The first kappa shape index (κ1) is 16.8. The summed E-state index contributed by atoms with van der Waals surface area (Å²) in [4.78, 5) is 2.33. The largest absolute Gasteiger partial charge is 0.493 e. The fourth-order valence-corrected chi connectivity index (χ4v) is 2.94. The summed E-state index contributed by atoms with van der Waals surface area (Å²) in [5, 5.41) is 0. The second-order valence-corrected chi connectivity index (χ2v) is 6.65. The fourth-order valence-electron chi connectivity index (χ4n) is 2.56. The van der Waals surface area contributed by atoms with Crippen LogP contribution in [-0.2, 0) is 0 Å². The van der Waals surface area contributed by atoms with Crippen LogP contribution in [0.4, 0.5) is 0 Å². The normalized spacial score (nSPS) is 18.5. The van der Waals surface area contributed by atoms with E-state index in [1.54, 1.807) is 0 Å². The summed E-state index contributed by atoms with van der Waals surface area (Å²) in [6.07, 6.45) is 1.01. The third kappa shape index (κ3) is 4.35. The molecule has 19 heavy (non-hydrogen) atoms. The van der Waals surface area contributed by atoms with Crippen molar-refractivity contribution in [2.24, 2.45) is 5.73 Å². The van der Waals surface area contributed by atoms with E-state index in [-0.39, 0.29) is 17.9 Å². The lowest BCUT2D eigenvalue weighted by molar-refractivity contribution is 0.146. The average molecular weight is 350 g/mol. The van der Waals surface area contributed by atoms with Crippen molar-refractivity contribution in [2.75, 3.05) is 20.2 Å². The summed E-state index contributed by atoms with van der Waals surface area (Å²) in [6.45, 7) is 5.76. The highest BCUT2D eigenvalue weighted by molar-refractivity contribution is 9.10. The van der Waals surface area contributed by atoms with E-state index in [1.165, 1.54) is 5.56 Å². The molecule has 3 nitrogen and oxygen atoms in total. The van der Waals surface area contributed by atoms with Crippen LogP contribution in [0.15, 0.2) is 22.7 Å². The number of hydrogen-bond donors (Lipinski definition) is 1. The van der Waals surface area contributed by atoms with Gasteiger partial charge in [-0.1, -0.05) is 15.9 Å². The van der Waals surface area contributed by atoms with Crippen LogP contribution in [0.3, 0.4) is 0 Å². The van der Waals surface area contributed by atoms with Crippen molar-refractivity contribution in [1.29, 1.82) is 0 Å². The van der Waals surface area contributed by atoms with E-state index in [1.807, 2.05) is 12.1 Å². The number of fused-ring (bicyclic) bond motifs is 1. The van der Waals surface area contributed by atoms with E-state index in [0.717, 1.165) is 29.8 Å². The van der Waals surface area contributed by atoms with Gasteiger partial charge in [0.05, 0.1) is 6.61 Å². The van der Waals surface area contributed by atoms with E-state index < -0.39 is 0 Å². The molecule has 108 valence electrons. The van der Waals surface area contributed by atoms with E-state index in [0.29, 0.717) is 6.04 Å². The maximum Gasteiger partial charge on any atom is 0.124 e. The summed E-state index contributed by atoms with van der Waals surface area (Å²) in [7, 11) is 2.13. The monoisotopic (exact) mass is 348 g/mol. The van der Waals surface area contributed by atoms with Gasteiger partial charge in [0.15, 0.2) is 0 Å². The van der Waals surface area contributed by atoms with Crippen LogP contribution >= 0.6 is 28.3 Å². The van der Waals surface area contributed by atoms with Crippen LogP contribution in [-0.4, -0.2) is 30.6 Å². The third-order valence-corrected chi connectivity index (χ3v) is 3.66. The first-order valence-electron chi connectivity index (χ1n) is 6.28. The molecule has 1 atom stereocenters. The second kappa shape index (κ2) is 6.44. The lowest BCUT2D eigenvalue weighted by Gasteiger charge is -2.36. The van der Waals surface area contributed by atoms with Gasteiger partial charge in [-0.15, -0.1) is 12.4 Å². The number of nitrogens with two attached hydrogens (primary N) is 1. The van der Waals surface area contributed by atoms with Crippen molar-refractivity contribution in [3.05, 3.63) is 28.2 Å². The maximum absolute atomic E-state index is 6.11. The Kier molecular flexibility index (Phi) is 5.68. The standard InChI is InChI=1S/C14H21BrN2O.ClH/c1-14(2,16)9-17(3)12-6-7-18-13-5-4-10(15)8-11(12)13;/h4-5,8,12H,6-7,9,16H2,1-3H3;1H. The minimum atomic E-state index is -0.181. The van der Waals surface area contributed by atoms with Crippen molar-refractivity contribution in [3.8, 4) is 5.75 Å². The highest BCUT2D eigenvalue weighted by Crippen LogP contribution is 2.37. The Morgan fingerprint density at radius 3 is 2.79 bits per heavy atom. The minimum Gasteiger partial charge on any atom is -0.493 e. The molecule has 0 amide bonds. The molecule has 1 aliphatic heterocycles. The first-order valence-corrected chi connectivity index (χ1v) is 7.07. The van der Waals surface area contributed by atoms with Crippen LogP contribution in [0, 0.1) is 0 Å². The SMILES string of the molecule is CN(CC(C)(C)N)C1CCOc2ccc(Br)cc21.Cl. The molecule has 1 aliphatic rings. The van der Waals surface area contributed by atoms with Gasteiger partial charge in [0.25, 0.3) is 0 Å². The van der Waals surface area contributed by atoms with Crippen molar-refractivity contribution in [1.82, 2.24) is 4.90 Å². The van der Waals surface area contributed by atoms with Gasteiger partial charge in [-0.2, -0.15) is 0 Å². The van der Waals surface area contributed by atoms with Crippen molar-refractivity contribution in [3.63, 3.8) is 0 Å². The Hall–Kier alpha value is -0.290. The highest BCUT2D eigenvalue weighted by atomic mass is 79.9. The van der Waals surface area contributed by atoms with E-state index >= 15 is 0 Å². The van der Waals surface area contributed by atoms with Crippen LogP contribution in [0.5, 0.6) is 5.75 Å². The van der Waals surface area contributed by atoms with Gasteiger partial charge in [0, 0.05) is 34.6 Å². The molecule has 0 bridgehead atoms. The van der Waals surface area contributed by atoms with Crippen molar-refractivity contribution >= 4 is 28.3 Å². The second-order valence-electron chi connectivity index (χ2n) is 5.74. The van der Waals surface area contributed by atoms with Crippen LogP contribution in [0.1, 0.15) is 31.9 Å². The van der Waals surface area contributed by atoms with Gasteiger partial charge in [0.2, 0.25) is 0 Å². The summed E-state index contributed by atoms with van der Waals surface area (Å²) in [6, 6.07) is 6.59. The molecule has 2 N–H and O–H groups in total. The van der Waals surface area contributed by atoms with Crippen molar-refractivity contribution in [2.45, 2.75) is 31.8 Å². The third-order valence-electron chi connectivity index (χ3n) is 3.17. The molecule has 1 aromatic rings. The molecule has 1 aromatic carbocycles. The predicted molar refractivity (Wildman–Crippen MR) is 85.1 cm³/mol. The van der Waals surface area contributed by atoms with Gasteiger partial charge in [-0.3, -0.25) is 4.90 Å². The van der Waals surface area contributed by atoms with Gasteiger partial charge in [0.1, 0.15) is 5.75 Å². The van der Waals surface area contributed by atoms with E-state index in [9.17, 15) is 0 Å². The Morgan fingerprint density at radius 1 is 1.47 bits per heavy atom. The molecule has 2 rings (SSSR count). The zero-order valence-electron chi connectivity index (χ0n) is 11.6.